The van der Waals surface area contributed by atoms with Crippen LogP contribution in [-0.2, 0) is 0 Å². The molecule has 0 radical (unpaired) electrons. The molecule has 0 amide bonds. The van der Waals surface area contributed by atoms with Crippen LogP contribution in [0.3, 0.4) is 0 Å². The number of piperidine rings is 1. The van der Waals surface area contributed by atoms with E-state index in [9.17, 15) is 0 Å². The number of hydrogen-bond acceptors (Lipinski definition) is 4. The lowest BCUT2D eigenvalue weighted by Crippen LogP contribution is -2.29. The number of nitrogens with zero attached hydrogens (tertiary/aromatic N) is 3. The molecule has 0 saturated carbocycles. The molecule has 4 aromatic rings. The minimum absolute atomic E-state index is 0.496. The first-order valence-electron chi connectivity index (χ1n) is 9.83. The van der Waals surface area contributed by atoms with E-state index in [0.29, 0.717) is 6.04 Å². The summed E-state index contributed by atoms with van der Waals surface area (Å²) < 4.78 is 2.13. The molecule has 0 spiro atoms. The molecule has 0 unspecified atom stereocenters. The monoisotopic (exact) mass is 369 g/mol. The van der Waals surface area contributed by atoms with Crippen LogP contribution < -0.4 is 10.6 Å². The molecule has 2 aromatic carbocycles. The molecule has 140 valence electrons. The Balaban J connectivity index is 1.45. The predicted octanol–water partition coefficient (Wildman–Crippen LogP) is 4.77. The van der Waals surface area contributed by atoms with Gasteiger partial charge in [0, 0.05) is 34.7 Å². The van der Waals surface area contributed by atoms with Crippen molar-refractivity contribution < 1.29 is 0 Å². The largest absolute Gasteiger partial charge is 0.355 e. The summed E-state index contributed by atoms with van der Waals surface area (Å²) in [5.74, 6) is 0. The minimum Gasteiger partial charge on any atom is -0.355 e. The zero-order valence-corrected chi connectivity index (χ0v) is 15.7. The van der Waals surface area contributed by atoms with E-state index in [1.54, 1.807) is 0 Å². The van der Waals surface area contributed by atoms with Gasteiger partial charge >= 0.3 is 0 Å². The van der Waals surface area contributed by atoms with Crippen molar-refractivity contribution in [2.75, 3.05) is 18.4 Å². The standard InChI is InChI=1S/C23H23N5/c1-2-4-19(5-3-1)27-22-10-13-25-23-14-17(6-7-21(22)23)18-15-26-28(16-18)20-8-11-24-12-9-20/h1-7,10,13-16,20,24H,8-9,11-12H2,(H,25,27). The summed E-state index contributed by atoms with van der Waals surface area (Å²) in [4.78, 5) is 4.59. The highest BCUT2D eigenvalue weighted by Gasteiger charge is 2.16. The van der Waals surface area contributed by atoms with Crippen LogP contribution in [0.2, 0.25) is 0 Å². The van der Waals surface area contributed by atoms with Gasteiger partial charge in [0.25, 0.3) is 0 Å². The molecule has 1 fully saturated rings. The van der Waals surface area contributed by atoms with Crippen molar-refractivity contribution in [1.82, 2.24) is 20.1 Å². The second-order valence-corrected chi connectivity index (χ2v) is 7.27. The summed E-state index contributed by atoms with van der Waals surface area (Å²) in [6.07, 6.45) is 8.26. The Morgan fingerprint density at radius 1 is 0.964 bits per heavy atom. The molecule has 2 aromatic heterocycles. The van der Waals surface area contributed by atoms with Gasteiger partial charge in [0.2, 0.25) is 0 Å². The van der Waals surface area contributed by atoms with Crippen LogP contribution >= 0.6 is 0 Å². The van der Waals surface area contributed by atoms with E-state index in [2.05, 4.69) is 61.9 Å². The lowest BCUT2D eigenvalue weighted by atomic mass is 10.1. The van der Waals surface area contributed by atoms with Gasteiger partial charge in [-0.3, -0.25) is 9.67 Å². The van der Waals surface area contributed by atoms with Gasteiger partial charge in [-0.2, -0.15) is 5.10 Å². The number of fused-ring (bicyclic) bond motifs is 1. The van der Waals surface area contributed by atoms with Gasteiger partial charge in [0.1, 0.15) is 0 Å². The van der Waals surface area contributed by atoms with Crippen molar-refractivity contribution in [3.63, 3.8) is 0 Å². The zero-order chi connectivity index (χ0) is 18.8. The molecule has 5 rings (SSSR count). The van der Waals surface area contributed by atoms with Gasteiger partial charge in [-0.25, -0.2) is 0 Å². The summed E-state index contributed by atoms with van der Waals surface area (Å²) in [6.45, 7) is 2.13. The highest BCUT2D eigenvalue weighted by Crippen LogP contribution is 2.30. The van der Waals surface area contributed by atoms with Crippen molar-refractivity contribution in [3.8, 4) is 11.1 Å². The Morgan fingerprint density at radius 2 is 1.82 bits per heavy atom. The van der Waals surface area contributed by atoms with Gasteiger partial charge in [0.05, 0.1) is 17.8 Å². The third-order valence-corrected chi connectivity index (χ3v) is 5.41. The highest BCUT2D eigenvalue weighted by molar-refractivity contribution is 5.95. The number of para-hydroxylation sites is 1. The topological polar surface area (TPSA) is 54.8 Å². The average Bonchev–Trinajstić information content (AvgIpc) is 3.25. The Hall–Kier alpha value is -3.18. The maximum Gasteiger partial charge on any atom is 0.0729 e. The van der Waals surface area contributed by atoms with E-state index >= 15 is 0 Å². The van der Waals surface area contributed by atoms with E-state index in [-0.39, 0.29) is 0 Å². The fourth-order valence-electron chi connectivity index (χ4n) is 3.87. The molecule has 0 bridgehead atoms. The van der Waals surface area contributed by atoms with Crippen molar-refractivity contribution >= 4 is 22.3 Å². The lowest BCUT2D eigenvalue weighted by Gasteiger charge is -2.22. The third kappa shape index (κ3) is 3.37. The third-order valence-electron chi connectivity index (χ3n) is 5.41. The average molecular weight is 369 g/mol. The SMILES string of the molecule is c1ccc(Nc2ccnc3cc(-c4cnn(C5CCNCC5)c4)ccc23)cc1. The van der Waals surface area contributed by atoms with Crippen LogP contribution in [-0.4, -0.2) is 27.9 Å². The van der Waals surface area contributed by atoms with Crippen LogP contribution in [0.25, 0.3) is 22.0 Å². The lowest BCUT2D eigenvalue weighted by molar-refractivity contribution is 0.343. The molecule has 2 N–H and O–H groups in total. The van der Waals surface area contributed by atoms with Gasteiger partial charge in [0.15, 0.2) is 0 Å². The summed E-state index contributed by atoms with van der Waals surface area (Å²) in [6, 6.07) is 19.2. The van der Waals surface area contributed by atoms with E-state index in [0.717, 1.165) is 59.3 Å². The van der Waals surface area contributed by atoms with Crippen molar-refractivity contribution in [2.45, 2.75) is 18.9 Å². The van der Waals surface area contributed by atoms with E-state index in [1.165, 1.54) is 0 Å². The summed E-state index contributed by atoms with van der Waals surface area (Å²) in [5, 5.41) is 12.6. The van der Waals surface area contributed by atoms with Crippen LogP contribution in [0.5, 0.6) is 0 Å². The molecular weight excluding hydrogens is 346 g/mol. The molecule has 28 heavy (non-hydrogen) atoms. The Morgan fingerprint density at radius 3 is 2.68 bits per heavy atom. The zero-order valence-electron chi connectivity index (χ0n) is 15.7. The van der Waals surface area contributed by atoms with E-state index in [4.69, 9.17) is 0 Å². The Bertz CT molecular complexity index is 1080. The van der Waals surface area contributed by atoms with Gasteiger partial charge < -0.3 is 10.6 Å². The second-order valence-electron chi connectivity index (χ2n) is 7.27. The van der Waals surface area contributed by atoms with Gasteiger partial charge in [-0.15, -0.1) is 0 Å². The fourth-order valence-corrected chi connectivity index (χ4v) is 3.87. The van der Waals surface area contributed by atoms with E-state index in [1.807, 2.05) is 36.7 Å². The maximum atomic E-state index is 4.63. The Kier molecular flexibility index (Phi) is 4.51. The summed E-state index contributed by atoms with van der Waals surface area (Å²) in [5.41, 5.74) is 5.41. The molecule has 5 heteroatoms. The first kappa shape index (κ1) is 17.0. The number of benzene rings is 2. The minimum atomic E-state index is 0.496. The second kappa shape index (κ2) is 7.44. The van der Waals surface area contributed by atoms with Crippen molar-refractivity contribution in [2.24, 2.45) is 0 Å². The molecule has 0 aliphatic carbocycles. The molecule has 5 nitrogen and oxygen atoms in total. The van der Waals surface area contributed by atoms with Crippen LogP contribution in [0.4, 0.5) is 11.4 Å². The molecule has 3 heterocycles. The van der Waals surface area contributed by atoms with Gasteiger partial charge in [-0.05, 0) is 55.8 Å². The Labute approximate surface area is 164 Å². The molecule has 1 aliphatic heterocycles. The molecule has 1 saturated heterocycles. The number of aromatic nitrogens is 3. The molecule has 0 atom stereocenters. The number of anilines is 2. The van der Waals surface area contributed by atoms with Gasteiger partial charge in [-0.1, -0.05) is 30.3 Å². The fraction of sp³-hybridized carbons (Fsp3) is 0.217. The normalized spacial score (nSPS) is 15.0. The molecular formula is C23H23N5. The molecule has 1 aliphatic rings. The highest BCUT2D eigenvalue weighted by atomic mass is 15.3. The van der Waals surface area contributed by atoms with Crippen molar-refractivity contribution in [3.05, 3.63) is 73.2 Å². The van der Waals surface area contributed by atoms with E-state index < -0.39 is 0 Å². The van der Waals surface area contributed by atoms with Crippen molar-refractivity contribution in [1.29, 1.82) is 0 Å². The number of pyridine rings is 1. The van der Waals surface area contributed by atoms with Crippen LogP contribution in [0.15, 0.2) is 73.2 Å². The number of hydrogen-bond donors (Lipinski definition) is 2. The smallest absolute Gasteiger partial charge is 0.0729 e. The quantitative estimate of drug-likeness (QED) is 0.544. The number of nitrogens with one attached hydrogen (secondary N) is 2. The first-order valence-corrected chi connectivity index (χ1v) is 9.83. The number of rotatable bonds is 4. The van der Waals surface area contributed by atoms with Crippen LogP contribution in [0.1, 0.15) is 18.9 Å². The predicted molar refractivity (Wildman–Crippen MR) is 114 cm³/mol. The summed E-state index contributed by atoms with van der Waals surface area (Å²) in [7, 11) is 0. The van der Waals surface area contributed by atoms with Crippen LogP contribution in [0, 0.1) is 0 Å². The first-order chi connectivity index (χ1) is 13.9. The maximum absolute atomic E-state index is 4.63. The summed E-state index contributed by atoms with van der Waals surface area (Å²) >= 11 is 0.